The first-order valence-electron chi connectivity index (χ1n) is 13.5. The van der Waals surface area contributed by atoms with Crippen molar-refractivity contribution in [1.82, 2.24) is 15.1 Å². The van der Waals surface area contributed by atoms with Crippen molar-refractivity contribution in [3.05, 3.63) is 107 Å². The summed E-state index contributed by atoms with van der Waals surface area (Å²) in [6.07, 6.45) is 1.26. The molecule has 3 aromatic carbocycles. The average molecular weight is 524 g/mol. The number of amides is 2. The molecule has 7 heteroatoms. The van der Waals surface area contributed by atoms with Gasteiger partial charge in [0.1, 0.15) is 29.7 Å². The molecule has 1 unspecified atom stereocenters. The van der Waals surface area contributed by atoms with Gasteiger partial charge in [-0.1, -0.05) is 55.1 Å². The second-order valence-corrected chi connectivity index (χ2v) is 11.0. The number of fused-ring (bicyclic) bond motifs is 1. The molecular formula is C32H33N3O4. The zero-order chi connectivity index (χ0) is 27.0. The van der Waals surface area contributed by atoms with Crippen LogP contribution >= 0.6 is 0 Å². The highest BCUT2D eigenvalue weighted by Gasteiger charge is 2.41. The summed E-state index contributed by atoms with van der Waals surface area (Å²) in [5.41, 5.74) is 4.31. The minimum absolute atomic E-state index is 0.122. The number of para-hydroxylation sites is 1. The number of rotatable bonds is 8. The van der Waals surface area contributed by atoms with Gasteiger partial charge < -0.3 is 19.7 Å². The molecule has 0 radical (unpaired) electrons. The molecule has 0 saturated carbocycles. The van der Waals surface area contributed by atoms with Crippen LogP contribution in [0.4, 0.5) is 0 Å². The van der Waals surface area contributed by atoms with E-state index in [1.165, 1.54) is 5.56 Å². The predicted molar refractivity (Wildman–Crippen MR) is 148 cm³/mol. The summed E-state index contributed by atoms with van der Waals surface area (Å²) in [5.74, 6) is 1.31. The monoisotopic (exact) mass is 523 g/mol. The molecule has 3 aliphatic heterocycles. The summed E-state index contributed by atoms with van der Waals surface area (Å²) in [5, 5.41) is 2.78. The van der Waals surface area contributed by atoms with Crippen LogP contribution < -0.4 is 14.8 Å². The standard InChI is InChI=1S/C32H33N3O4/c1-22-11-16-28(30(36)33-22)35-18-27-26(31(35)37)9-6-10-29(27)38-19-24-14-12-23(13-15-24)17-34-20-32(2,21-34)39-25-7-4-3-5-8-25/h3-10,12-15,28H,1,11,16-21H2,2H3,(H,33,36). The van der Waals surface area contributed by atoms with Crippen molar-refractivity contribution >= 4 is 11.8 Å². The lowest BCUT2D eigenvalue weighted by Crippen LogP contribution is -2.62. The van der Waals surface area contributed by atoms with E-state index in [-0.39, 0.29) is 17.4 Å². The van der Waals surface area contributed by atoms with E-state index in [1.54, 1.807) is 4.90 Å². The fraction of sp³-hybridized carbons (Fsp3) is 0.312. The Kier molecular flexibility index (Phi) is 6.61. The van der Waals surface area contributed by atoms with Crippen LogP contribution in [0.1, 0.15) is 46.8 Å². The normalized spacial score (nSPS) is 20.3. The molecule has 0 aliphatic carbocycles. The Bertz CT molecular complexity index is 1400. The van der Waals surface area contributed by atoms with Gasteiger partial charge in [0.25, 0.3) is 5.91 Å². The Morgan fingerprint density at radius 2 is 1.72 bits per heavy atom. The van der Waals surface area contributed by atoms with Crippen molar-refractivity contribution in [2.24, 2.45) is 0 Å². The van der Waals surface area contributed by atoms with Gasteiger partial charge in [0.15, 0.2) is 0 Å². The maximum absolute atomic E-state index is 13.1. The highest BCUT2D eigenvalue weighted by molar-refractivity contribution is 6.02. The van der Waals surface area contributed by atoms with Crippen molar-refractivity contribution in [3.8, 4) is 11.5 Å². The minimum atomic E-state index is -0.482. The van der Waals surface area contributed by atoms with Crippen molar-refractivity contribution in [1.29, 1.82) is 0 Å². The van der Waals surface area contributed by atoms with E-state index < -0.39 is 6.04 Å². The maximum atomic E-state index is 13.1. The van der Waals surface area contributed by atoms with Crippen LogP contribution in [-0.2, 0) is 24.5 Å². The summed E-state index contributed by atoms with van der Waals surface area (Å²) < 4.78 is 12.4. The van der Waals surface area contributed by atoms with E-state index in [4.69, 9.17) is 9.47 Å². The van der Waals surface area contributed by atoms with E-state index in [0.717, 1.165) is 36.5 Å². The Balaban J connectivity index is 1.03. The van der Waals surface area contributed by atoms with Gasteiger partial charge in [-0.25, -0.2) is 0 Å². The highest BCUT2D eigenvalue weighted by atomic mass is 16.5. The van der Waals surface area contributed by atoms with Crippen molar-refractivity contribution in [3.63, 3.8) is 0 Å². The van der Waals surface area contributed by atoms with Crippen LogP contribution in [0.25, 0.3) is 0 Å². The van der Waals surface area contributed by atoms with Crippen LogP contribution in [0.3, 0.4) is 0 Å². The Hall–Kier alpha value is -4.10. The van der Waals surface area contributed by atoms with Gasteiger partial charge in [0, 0.05) is 36.5 Å². The fourth-order valence-electron chi connectivity index (χ4n) is 5.78. The zero-order valence-corrected chi connectivity index (χ0v) is 22.2. The minimum Gasteiger partial charge on any atom is -0.489 e. The summed E-state index contributed by atoms with van der Waals surface area (Å²) in [7, 11) is 0. The van der Waals surface area contributed by atoms with Crippen molar-refractivity contribution < 1.29 is 19.1 Å². The molecule has 7 nitrogen and oxygen atoms in total. The zero-order valence-electron chi connectivity index (χ0n) is 22.2. The maximum Gasteiger partial charge on any atom is 0.255 e. The number of carbonyl (C=O) groups is 2. The van der Waals surface area contributed by atoms with Gasteiger partial charge in [-0.3, -0.25) is 14.5 Å². The second-order valence-electron chi connectivity index (χ2n) is 11.0. The number of allylic oxidation sites excluding steroid dienone is 1. The van der Waals surface area contributed by atoms with Gasteiger partial charge in [0.2, 0.25) is 5.91 Å². The third-order valence-corrected chi connectivity index (χ3v) is 7.70. The number of hydrogen-bond acceptors (Lipinski definition) is 5. The molecule has 1 N–H and O–H groups in total. The number of piperidine rings is 1. The molecule has 0 aromatic heterocycles. The number of likely N-dealkylation sites (tertiary alicyclic amines) is 1. The number of hydrogen-bond donors (Lipinski definition) is 1. The van der Waals surface area contributed by atoms with E-state index >= 15 is 0 Å². The lowest BCUT2D eigenvalue weighted by atomic mass is 9.95. The third kappa shape index (κ3) is 5.27. The molecule has 2 saturated heterocycles. The van der Waals surface area contributed by atoms with E-state index in [0.29, 0.717) is 43.0 Å². The summed E-state index contributed by atoms with van der Waals surface area (Å²) in [4.78, 5) is 29.6. The van der Waals surface area contributed by atoms with Crippen LogP contribution in [0, 0.1) is 0 Å². The molecule has 3 heterocycles. The second kappa shape index (κ2) is 10.2. The predicted octanol–water partition coefficient (Wildman–Crippen LogP) is 4.67. The number of nitrogens with zero attached hydrogens (tertiary/aromatic N) is 2. The van der Waals surface area contributed by atoms with Gasteiger partial charge in [-0.05, 0) is 55.2 Å². The number of ether oxygens (including phenoxy) is 2. The van der Waals surface area contributed by atoms with Crippen LogP contribution in [-0.4, -0.2) is 46.3 Å². The van der Waals surface area contributed by atoms with Gasteiger partial charge >= 0.3 is 0 Å². The summed E-state index contributed by atoms with van der Waals surface area (Å²) >= 11 is 0. The van der Waals surface area contributed by atoms with Crippen LogP contribution in [0.5, 0.6) is 11.5 Å². The first kappa shape index (κ1) is 25.2. The molecule has 39 heavy (non-hydrogen) atoms. The Labute approximate surface area is 229 Å². The lowest BCUT2D eigenvalue weighted by Gasteiger charge is -2.47. The molecule has 0 spiro atoms. The Morgan fingerprint density at radius 3 is 2.46 bits per heavy atom. The van der Waals surface area contributed by atoms with Crippen molar-refractivity contribution in [2.75, 3.05) is 13.1 Å². The number of benzene rings is 3. The summed E-state index contributed by atoms with van der Waals surface area (Å²) in [6.45, 7) is 9.42. The topological polar surface area (TPSA) is 71.1 Å². The molecule has 6 rings (SSSR count). The molecule has 3 aromatic rings. The molecule has 2 fully saturated rings. The quantitative estimate of drug-likeness (QED) is 0.465. The largest absolute Gasteiger partial charge is 0.489 e. The first-order chi connectivity index (χ1) is 18.9. The molecule has 2 amide bonds. The van der Waals surface area contributed by atoms with Crippen molar-refractivity contribution in [2.45, 2.75) is 51.1 Å². The van der Waals surface area contributed by atoms with Crippen LogP contribution in [0.2, 0.25) is 0 Å². The first-order valence-corrected chi connectivity index (χ1v) is 13.5. The number of carbonyl (C=O) groups excluding carboxylic acids is 2. The van der Waals surface area contributed by atoms with E-state index in [2.05, 4.69) is 48.0 Å². The van der Waals surface area contributed by atoms with Gasteiger partial charge in [-0.15, -0.1) is 0 Å². The van der Waals surface area contributed by atoms with E-state index in [1.807, 2.05) is 48.5 Å². The third-order valence-electron chi connectivity index (χ3n) is 7.70. The van der Waals surface area contributed by atoms with E-state index in [9.17, 15) is 9.59 Å². The van der Waals surface area contributed by atoms with Gasteiger partial charge in [-0.2, -0.15) is 0 Å². The smallest absolute Gasteiger partial charge is 0.255 e. The molecular weight excluding hydrogens is 490 g/mol. The van der Waals surface area contributed by atoms with Crippen LogP contribution in [0.15, 0.2) is 85.1 Å². The highest BCUT2D eigenvalue weighted by Crippen LogP contribution is 2.34. The molecule has 1 atom stereocenters. The Morgan fingerprint density at radius 1 is 0.974 bits per heavy atom. The summed E-state index contributed by atoms with van der Waals surface area (Å²) in [6, 6.07) is 23.5. The number of nitrogens with one attached hydrogen (secondary N) is 1. The van der Waals surface area contributed by atoms with Gasteiger partial charge in [0.05, 0.1) is 6.54 Å². The fourth-order valence-corrected chi connectivity index (χ4v) is 5.78. The lowest BCUT2D eigenvalue weighted by molar-refractivity contribution is -0.126. The average Bonchev–Trinajstić information content (AvgIpc) is 3.24. The molecule has 0 bridgehead atoms. The molecule has 3 aliphatic rings. The molecule has 200 valence electrons. The SMILES string of the molecule is C=C1CCC(N2Cc3c(OCc4ccc(CN5CC(C)(Oc6ccccc6)C5)cc4)cccc3C2=O)C(=O)N1.